The molecule has 1 heterocycles. The molecule has 0 saturated carbocycles. The molecule has 0 spiro atoms. The Morgan fingerprint density at radius 3 is 2.43 bits per heavy atom. The molecule has 1 rings (SSSR count). The fourth-order valence-electron chi connectivity index (χ4n) is 0.967. The number of methoxy groups -OCH3 is 1. The van der Waals surface area contributed by atoms with E-state index in [0.29, 0.717) is 5.75 Å². The summed E-state index contributed by atoms with van der Waals surface area (Å²) < 4.78 is 23.3. The maximum Gasteiger partial charge on any atom is 0.250 e. The van der Waals surface area contributed by atoms with Gasteiger partial charge in [0, 0.05) is 6.07 Å². The second-order valence-corrected chi connectivity index (χ2v) is 3.88. The molecule has 0 aliphatic rings. The van der Waals surface area contributed by atoms with Crippen molar-refractivity contribution in [1.82, 2.24) is 4.98 Å². The topological polar surface area (TPSA) is 31.4 Å². The van der Waals surface area contributed by atoms with E-state index in [1.54, 1.807) is 0 Å². The van der Waals surface area contributed by atoms with Crippen LogP contribution in [0.4, 0.5) is 4.39 Å². The van der Waals surface area contributed by atoms with Crippen LogP contribution in [-0.2, 0) is 0 Å². The van der Waals surface area contributed by atoms with Crippen molar-refractivity contribution in [3.05, 3.63) is 18.1 Å². The number of rotatable bonds is 2. The number of aromatic nitrogens is 1. The van der Waals surface area contributed by atoms with Crippen LogP contribution in [-0.4, -0.2) is 17.7 Å². The summed E-state index contributed by atoms with van der Waals surface area (Å²) in [6.07, 6.45) is 1.44. The third-order valence-corrected chi connectivity index (χ3v) is 1.40. The quantitative estimate of drug-likeness (QED) is 0.733. The molecular formula is C10H14FNO2. The largest absolute Gasteiger partial charge is 0.486 e. The van der Waals surface area contributed by atoms with Gasteiger partial charge in [0.25, 0.3) is 0 Å². The minimum atomic E-state index is -0.519. The van der Waals surface area contributed by atoms with Crippen molar-refractivity contribution < 1.29 is 13.9 Å². The Kier molecular flexibility index (Phi) is 2.93. The van der Waals surface area contributed by atoms with Gasteiger partial charge in [0.1, 0.15) is 11.4 Å². The van der Waals surface area contributed by atoms with Crippen molar-refractivity contribution in [2.75, 3.05) is 7.11 Å². The SMILES string of the molecule is COc1ncc(OC(C)(C)C)cc1F. The van der Waals surface area contributed by atoms with Gasteiger partial charge in [0.15, 0.2) is 5.82 Å². The van der Waals surface area contributed by atoms with Crippen molar-refractivity contribution >= 4 is 0 Å². The van der Waals surface area contributed by atoms with Crippen LogP contribution in [0.5, 0.6) is 11.6 Å². The van der Waals surface area contributed by atoms with Gasteiger partial charge in [-0.25, -0.2) is 9.37 Å². The Balaban J connectivity index is 2.87. The molecule has 14 heavy (non-hydrogen) atoms. The molecule has 0 aliphatic carbocycles. The highest BCUT2D eigenvalue weighted by Crippen LogP contribution is 2.22. The molecule has 78 valence electrons. The first-order chi connectivity index (χ1) is 6.42. The molecular weight excluding hydrogens is 185 g/mol. The van der Waals surface area contributed by atoms with Crippen LogP contribution in [0.3, 0.4) is 0 Å². The zero-order valence-corrected chi connectivity index (χ0v) is 8.80. The van der Waals surface area contributed by atoms with Gasteiger partial charge in [-0.15, -0.1) is 0 Å². The highest BCUT2D eigenvalue weighted by atomic mass is 19.1. The Morgan fingerprint density at radius 2 is 2.00 bits per heavy atom. The third-order valence-electron chi connectivity index (χ3n) is 1.40. The van der Waals surface area contributed by atoms with Crippen LogP contribution in [0.15, 0.2) is 12.3 Å². The van der Waals surface area contributed by atoms with Gasteiger partial charge in [0.2, 0.25) is 5.88 Å². The number of hydrogen-bond acceptors (Lipinski definition) is 3. The van der Waals surface area contributed by atoms with Gasteiger partial charge < -0.3 is 9.47 Å². The number of nitrogens with zero attached hydrogens (tertiary/aromatic N) is 1. The molecule has 0 amide bonds. The minimum Gasteiger partial charge on any atom is -0.486 e. The molecule has 1 aromatic heterocycles. The van der Waals surface area contributed by atoms with Crippen LogP contribution in [0, 0.1) is 5.82 Å². The lowest BCUT2D eigenvalue weighted by Gasteiger charge is -2.20. The Labute approximate surface area is 82.9 Å². The second-order valence-electron chi connectivity index (χ2n) is 3.88. The lowest BCUT2D eigenvalue weighted by Crippen LogP contribution is -2.23. The van der Waals surface area contributed by atoms with Crippen molar-refractivity contribution in [1.29, 1.82) is 0 Å². The smallest absolute Gasteiger partial charge is 0.250 e. The second kappa shape index (κ2) is 3.82. The number of pyridine rings is 1. The third kappa shape index (κ3) is 2.87. The fraction of sp³-hybridized carbons (Fsp3) is 0.500. The molecule has 1 aromatic rings. The summed E-state index contributed by atoms with van der Waals surface area (Å²) in [6.45, 7) is 5.65. The van der Waals surface area contributed by atoms with Gasteiger partial charge in [0.05, 0.1) is 13.3 Å². The number of halogens is 1. The first-order valence-electron chi connectivity index (χ1n) is 4.31. The summed E-state index contributed by atoms with van der Waals surface area (Å²) in [7, 11) is 1.37. The predicted octanol–water partition coefficient (Wildman–Crippen LogP) is 2.41. The summed E-state index contributed by atoms with van der Waals surface area (Å²) in [6, 6.07) is 1.26. The van der Waals surface area contributed by atoms with E-state index in [4.69, 9.17) is 4.74 Å². The van der Waals surface area contributed by atoms with Crippen LogP contribution in [0.1, 0.15) is 20.8 Å². The fourth-order valence-corrected chi connectivity index (χ4v) is 0.967. The van der Waals surface area contributed by atoms with Crippen LogP contribution < -0.4 is 9.47 Å². The van der Waals surface area contributed by atoms with E-state index in [-0.39, 0.29) is 11.5 Å². The molecule has 0 N–H and O–H groups in total. The predicted molar refractivity (Wildman–Crippen MR) is 51.1 cm³/mol. The van der Waals surface area contributed by atoms with E-state index in [9.17, 15) is 4.39 Å². The first-order valence-corrected chi connectivity index (χ1v) is 4.31. The van der Waals surface area contributed by atoms with Crippen LogP contribution >= 0.6 is 0 Å². The van der Waals surface area contributed by atoms with E-state index in [1.165, 1.54) is 19.4 Å². The van der Waals surface area contributed by atoms with Crippen LogP contribution in [0.25, 0.3) is 0 Å². The van der Waals surface area contributed by atoms with E-state index in [0.717, 1.165) is 0 Å². The van der Waals surface area contributed by atoms with Gasteiger partial charge >= 0.3 is 0 Å². The molecule has 0 fully saturated rings. The summed E-state index contributed by atoms with van der Waals surface area (Å²) in [5.41, 5.74) is -0.358. The number of hydrogen-bond donors (Lipinski definition) is 0. The minimum absolute atomic E-state index is 0.0220. The highest BCUT2D eigenvalue weighted by molar-refractivity contribution is 5.25. The molecule has 0 radical (unpaired) electrons. The van der Waals surface area contributed by atoms with Gasteiger partial charge in [-0.2, -0.15) is 0 Å². The first kappa shape index (κ1) is 10.8. The van der Waals surface area contributed by atoms with E-state index in [1.807, 2.05) is 20.8 Å². The zero-order valence-electron chi connectivity index (χ0n) is 8.80. The lowest BCUT2D eigenvalue weighted by atomic mass is 10.2. The molecule has 3 nitrogen and oxygen atoms in total. The van der Waals surface area contributed by atoms with Crippen molar-refractivity contribution in [2.24, 2.45) is 0 Å². The Morgan fingerprint density at radius 1 is 1.36 bits per heavy atom. The molecule has 4 heteroatoms. The summed E-state index contributed by atoms with van der Waals surface area (Å²) in [5.74, 6) is -0.142. The summed E-state index contributed by atoms with van der Waals surface area (Å²) in [4.78, 5) is 3.76. The monoisotopic (exact) mass is 199 g/mol. The normalized spacial score (nSPS) is 11.2. The number of ether oxygens (including phenoxy) is 2. The molecule has 0 aliphatic heterocycles. The Hall–Kier alpha value is -1.32. The molecule has 0 saturated heterocycles. The van der Waals surface area contributed by atoms with Crippen LogP contribution in [0.2, 0.25) is 0 Å². The van der Waals surface area contributed by atoms with E-state index < -0.39 is 5.82 Å². The maximum absolute atomic E-state index is 13.2. The van der Waals surface area contributed by atoms with E-state index >= 15 is 0 Å². The van der Waals surface area contributed by atoms with Crippen molar-refractivity contribution in [2.45, 2.75) is 26.4 Å². The van der Waals surface area contributed by atoms with Crippen molar-refractivity contribution in [3.63, 3.8) is 0 Å². The maximum atomic E-state index is 13.2. The average Bonchev–Trinajstić information content (AvgIpc) is 2.01. The highest BCUT2D eigenvalue weighted by Gasteiger charge is 2.13. The van der Waals surface area contributed by atoms with Gasteiger partial charge in [-0.1, -0.05) is 0 Å². The molecule has 0 unspecified atom stereocenters. The zero-order chi connectivity index (χ0) is 10.8. The molecule has 0 aromatic carbocycles. The lowest BCUT2D eigenvalue weighted by molar-refractivity contribution is 0.129. The van der Waals surface area contributed by atoms with Gasteiger partial charge in [-0.05, 0) is 20.8 Å². The molecule has 0 bridgehead atoms. The summed E-state index contributed by atoms with van der Waals surface area (Å²) >= 11 is 0. The van der Waals surface area contributed by atoms with Gasteiger partial charge in [-0.3, -0.25) is 0 Å². The van der Waals surface area contributed by atoms with Crippen molar-refractivity contribution in [3.8, 4) is 11.6 Å². The Bertz CT molecular complexity index is 320. The van der Waals surface area contributed by atoms with E-state index in [2.05, 4.69) is 9.72 Å². The average molecular weight is 199 g/mol. The molecule has 0 atom stereocenters. The summed E-state index contributed by atoms with van der Waals surface area (Å²) in [5, 5.41) is 0. The standard InChI is InChI=1S/C10H14FNO2/c1-10(2,3)14-7-5-8(11)9(13-4)12-6-7/h5-6H,1-4H3.